The minimum atomic E-state index is 0.744. The number of hydrogen-bond acceptors (Lipinski definition) is 3. The van der Waals surface area contributed by atoms with E-state index in [1.807, 2.05) is 0 Å². The molecular formula is C13H27N3. The van der Waals surface area contributed by atoms with E-state index < -0.39 is 0 Å². The summed E-state index contributed by atoms with van der Waals surface area (Å²) in [6.07, 6.45) is 5.46. The number of hydrogen-bond donors (Lipinski definition) is 1. The molecule has 0 spiro atoms. The molecule has 0 aromatic carbocycles. The third kappa shape index (κ3) is 3.72. The van der Waals surface area contributed by atoms with Crippen molar-refractivity contribution in [2.24, 2.45) is 0 Å². The van der Waals surface area contributed by atoms with Gasteiger partial charge in [-0.25, -0.2) is 0 Å². The van der Waals surface area contributed by atoms with Crippen LogP contribution >= 0.6 is 0 Å². The Morgan fingerprint density at radius 3 is 2.62 bits per heavy atom. The predicted molar refractivity (Wildman–Crippen MR) is 68.8 cm³/mol. The molecule has 2 rings (SSSR count). The maximum Gasteiger partial charge on any atom is 0.0209 e. The van der Waals surface area contributed by atoms with Gasteiger partial charge in [0.1, 0.15) is 0 Å². The van der Waals surface area contributed by atoms with Crippen LogP contribution in [0.4, 0.5) is 0 Å². The molecule has 3 heteroatoms. The lowest BCUT2D eigenvalue weighted by molar-refractivity contribution is 0.222. The highest BCUT2D eigenvalue weighted by Gasteiger charge is 2.30. The van der Waals surface area contributed by atoms with E-state index in [1.54, 1.807) is 0 Å². The first kappa shape index (κ1) is 12.3. The van der Waals surface area contributed by atoms with Gasteiger partial charge in [-0.1, -0.05) is 0 Å². The van der Waals surface area contributed by atoms with E-state index in [9.17, 15) is 0 Å². The van der Waals surface area contributed by atoms with Gasteiger partial charge in [0, 0.05) is 31.2 Å². The number of likely N-dealkylation sites (tertiary alicyclic amines) is 1. The fraction of sp³-hybridized carbons (Fsp3) is 1.00. The van der Waals surface area contributed by atoms with Gasteiger partial charge in [-0.05, 0) is 53.2 Å². The third-order valence-corrected chi connectivity index (χ3v) is 3.89. The van der Waals surface area contributed by atoms with Crippen LogP contribution in [0.3, 0.4) is 0 Å². The smallest absolute Gasteiger partial charge is 0.0209 e. The van der Waals surface area contributed by atoms with Crippen LogP contribution in [-0.2, 0) is 0 Å². The summed E-state index contributed by atoms with van der Waals surface area (Å²) in [5.74, 6) is 0. The molecule has 0 amide bonds. The summed E-state index contributed by atoms with van der Waals surface area (Å²) in [4.78, 5) is 4.94. The largest absolute Gasteiger partial charge is 0.310 e. The van der Waals surface area contributed by atoms with Gasteiger partial charge in [-0.15, -0.1) is 0 Å². The van der Waals surface area contributed by atoms with Gasteiger partial charge in [0.2, 0.25) is 0 Å². The summed E-state index contributed by atoms with van der Waals surface area (Å²) in [6.45, 7) is 6.14. The molecule has 0 bridgehead atoms. The number of rotatable bonds is 6. The molecule has 1 aliphatic carbocycles. The molecule has 1 N–H and O–H groups in total. The normalized spacial score (nSPS) is 28.9. The second-order valence-corrected chi connectivity index (χ2v) is 5.86. The van der Waals surface area contributed by atoms with E-state index in [4.69, 9.17) is 0 Å². The lowest BCUT2D eigenvalue weighted by Crippen LogP contribution is -2.38. The van der Waals surface area contributed by atoms with Crippen molar-refractivity contribution in [2.45, 2.75) is 50.7 Å². The molecular weight excluding hydrogens is 198 g/mol. The quantitative estimate of drug-likeness (QED) is 0.732. The van der Waals surface area contributed by atoms with Crippen molar-refractivity contribution in [3.63, 3.8) is 0 Å². The Kier molecular flexibility index (Phi) is 4.22. The van der Waals surface area contributed by atoms with Crippen LogP contribution in [0.1, 0.15) is 32.6 Å². The lowest BCUT2D eigenvalue weighted by Gasteiger charge is -2.25. The van der Waals surface area contributed by atoms with Crippen molar-refractivity contribution in [2.75, 3.05) is 33.7 Å². The molecule has 2 atom stereocenters. The van der Waals surface area contributed by atoms with E-state index in [-0.39, 0.29) is 0 Å². The SMILES string of the molecule is CC(CCN(C)C)N1CCC(NC2CC2)C1. The van der Waals surface area contributed by atoms with Gasteiger partial charge in [0.05, 0.1) is 0 Å². The van der Waals surface area contributed by atoms with Gasteiger partial charge in [-0.2, -0.15) is 0 Å². The second-order valence-electron chi connectivity index (χ2n) is 5.86. The van der Waals surface area contributed by atoms with Crippen LogP contribution < -0.4 is 5.32 Å². The highest BCUT2D eigenvalue weighted by molar-refractivity contribution is 4.90. The van der Waals surface area contributed by atoms with Gasteiger partial charge in [0.25, 0.3) is 0 Å². The molecule has 1 aliphatic heterocycles. The number of nitrogens with one attached hydrogen (secondary N) is 1. The van der Waals surface area contributed by atoms with Crippen LogP contribution in [0.2, 0.25) is 0 Å². The van der Waals surface area contributed by atoms with E-state index in [2.05, 4.69) is 36.1 Å². The molecule has 1 saturated carbocycles. The minimum absolute atomic E-state index is 0.744. The molecule has 16 heavy (non-hydrogen) atoms. The standard InChI is InChI=1S/C13H27N3/c1-11(6-8-15(2)3)16-9-7-13(10-16)14-12-4-5-12/h11-14H,4-10H2,1-3H3. The Hall–Kier alpha value is -0.120. The maximum atomic E-state index is 3.75. The second kappa shape index (κ2) is 5.48. The molecule has 94 valence electrons. The van der Waals surface area contributed by atoms with Crippen LogP contribution in [0.5, 0.6) is 0 Å². The monoisotopic (exact) mass is 225 g/mol. The molecule has 3 nitrogen and oxygen atoms in total. The van der Waals surface area contributed by atoms with Crippen LogP contribution in [0, 0.1) is 0 Å². The van der Waals surface area contributed by atoms with E-state index >= 15 is 0 Å². The summed E-state index contributed by atoms with van der Waals surface area (Å²) in [5.41, 5.74) is 0. The zero-order valence-electron chi connectivity index (χ0n) is 11.1. The Balaban J connectivity index is 1.65. The molecule has 2 fully saturated rings. The zero-order chi connectivity index (χ0) is 11.5. The summed E-state index contributed by atoms with van der Waals surface area (Å²) in [6, 6.07) is 2.38. The summed E-state index contributed by atoms with van der Waals surface area (Å²) < 4.78 is 0. The molecule has 0 aromatic rings. The van der Waals surface area contributed by atoms with Crippen molar-refractivity contribution in [3.05, 3.63) is 0 Å². The first-order valence-corrected chi connectivity index (χ1v) is 6.80. The number of nitrogens with zero attached hydrogens (tertiary/aromatic N) is 2. The minimum Gasteiger partial charge on any atom is -0.310 e. The summed E-state index contributed by atoms with van der Waals surface area (Å²) in [7, 11) is 4.32. The highest BCUT2D eigenvalue weighted by Crippen LogP contribution is 2.23. The highest BCUT2D eigenvalue weighted by atomic mass is 15.2. The van der Waals surface area contributed by atoms with E-state index in [1.165, 1.54) is 45.3 Å². The predicted octanol–water partition coefficient (Wildman–Crippen LogP) is 1.15. The third-order valence-electron chi connectivity index (χ3n) is 3.89. The Morgan fingerprint density at radius 1 is 1.25 bits per heavy atom. The van der Waals surface area contributed by atoms with Gasteiger partial charge >= 0.3 is 0 Å². The summed E-state index contributed by atoms with van der Waals surface area (Å²) in [5, 5.41) is 3.75. The van der Waals surface area contributed by atoms with E-state index in [0.717, 1.165) is 18.1 Å². The fourth-order valence-electron chi connectivity index (χ4n) is 2.53. The van der Waals surface area contributed by atoms with Crippen LogP contribution in [0.25, 0.3) is 0 Å². The molecule has 0 radical (unpaired) electrons. The molecule has 2 unspecified atom stereocenters. The zero-order valence-corrected chi connectivity index (χ0v) is 11.1. The first-order valence-electron chi connectivity index (χ1n) is 6.80. The molecule has 1 saturated heterocycles. The first-order chi connectivity index (χ1) is 7.65. The average molecular weight is 225 g/mol. The Morgan fingerprint density at radius 2 is 2.00 bits per heavy atom. The van der Waals surface area contributed by atoms with Crippen LogP contribution in [-0.4, -0.2) is 61.7 Å². The van der Waals surface area contributed by atoms with E-state index in [0.29, 0.717) is 0 Å². The van der Waals surface area contributed by atoms with Gasteiger partial charge in [-0.3, -0.25) is 4.90 Å². The average Bonchev–Trinajstić information content (AvgIpc) is 2.91. The Bertz CT molecular complexity index is 213. The van der Waals surface area contributed by atoms with Crippen molar-refractivity contribution in [1.82, 2.24) is 15.1 Å². The topological polar surface area (TPSA) is 18.5 Å². The fourth-order valence-corrected chi connectivity index (χ4v) is 2.53. The van der Waals surface area contributed by atoms with Crippen molar-refractivity contribution in [1.29, 1.82) is 0 Å². The van der Waals surface area contributed by atoms with Crippen molar-refractivity contribution in [3.8, 4) is 0 Å². The van der Waals surface area contributed by atoms with Gasteiger partial charge in [0.15, 0.2) is 0 Å². The van der Waals surface area contributed by atoms with Gasteiger partial charge < -0.3 is 10.2 Å². The Labute approximate surface area is 100 Å². The lowest BCUT2D eigenvalue weighted by atomic mass is 10.2. The molecule has 0 aromatic heterocycles. The molecule has 1 heterocycles. The van der Waals surface area contributed by atoms with Crippen molar-refractivity contribution < 1.29 is 0 Å². The summed E-state index contributed by atoms with van der Waals surface area (Å²) >= 11 is 0. The molecule has 2 aliphatic rings. The van der Waals surface area contributed by atoms with Crippen LogP contribution in [0.15, 0.2) is 0 Å². The maximum absolute atomic E-state index is 3.75. The van der Waals surface area contributed by atoms with Crippen molar-refractivity contribution >= 4 is 0 Å².